The minimum Gasteiger partial charge on any atom is -0.468 e. The molecular weight excluding hydrogens is 458 g/mol. The Hall–Kier alpha value is -4.19. The molecular formula is C23H27N5O7. The van der Waals surface area contributed by atoms with Gasteiger partial charge in [0.05, 0.1) is 37.0 Å². The number of fused-ring (bicyclic) bond motifs is 1. The number of hydrogen-bond donors (Lipinski definition) is 4. The lowest BCUT2D eigenvalue weighted by Gasteiger charge is -2.18. The number of aromatic nitrogens is 2. The third-order valence-corrected chi connectivity index (χ3v) is 5.31. The fourth-order valence-electron chi connectivity index (χ4n) is 3.51. The van der Waals surface area contributed by atoms with Crippen molar-refractivity contribution in [3.8, 4) is 0 Å². The van der Waals surface area contributed by atoms with Crippen molar-refractivity contribution in [2.75, 3.05) is 13.7 Å². The van der Waals surface area contributed by atoms with Crippen LogP contribution in [-0.2, 0) is 25.7 Å². The van der Waals surface area contributed by atoms with E-state index in [1.54, 1.807) is 30.5 Å². The quantitative estimate of drug-likeness (QED) is 0.180. The molecule has 3 amide bonds. The molecule has 1 atom stereocenters. The fraction of sp³-hybridized carbons (Fsp3) is 0.348. The first-order valence-corrected chi connectivity index (χ1v) is 11.0. The van der Waals surface area contributed by atoms with Crippen molar-refractivity contribution < 1.29 is 33.5 Å². The first kappa shape index (κ1) is 25.4. The van der Waals surface area contributed by atoms with Gasteiger partial charge in [0.15, 0.2) is 0 Å². The Morgan fingerprint density at radius 2 is 1.94 bits per heavy atom. The molecule has 4 N–H and O–H groups in total. The number of nitrogens with one attached hydrogen (secondary N) is 3. The van der Waals surface area contributed by atoms with Crippen LogP contribution in [0.2, 0.25) is 0 Å². The molecule has 186 valence electrons. The summed E-state index contributed by atoms with van der Waals surface area (Å²) in [7, 11) is 1.23. The molecule has 0 saturated carbocycles. The summed E-state index contributed by atoms with van der Waals surface area (Å²) >= 11 is 0. The Morgan fingerprint density at radius 1 is 1.17 bits per heavy atom. The van der Waals surface area contributed by atoms with Crippen LogP contribution in [0, 0.1) is 0 Å². The number of rotatable bonds is 11. The smallest absolute Gasteiger partial charge is 0.325 e. The predicted molar refractivity (Wildman–Crippen MR) is 122 cm³/mol. The Balaban J connectivity index is 1.91. The third-order valence-electron chi connectivity index (χ3n) is 5.31. The van der Waals surface area contributed by atoms with E-state index in [0.717, 1.165) is 0 Å². The van der Waals surface area contributed by atoms with E-state index in [2.05, 4.69) is 15.4 Å². The summed E-state index contributed by atoms with van der Waals surface area (Å²) in [6.07, 6.45) is 1.80. The van der Waals surface area contributed by atoms with E-state index < -0.39 is 23.8 Å². The molecule has 3 aromatic rings. The van der Waals surface area contributed by atoms with Crippen molar-refractivity contribution >= 4 is 34.7 Å². The molecule has 0 aliphatic carbocycles. The highest BCUT2D eigenvalue weighted by molar-refractivity contribution is 5.98. The van der Waals surface area contributed by atoms with Crippen LogP contribution in [0.15, 0.2) is 41.0 Å². The van der Waals surface area contributed by atoms with Gasteiger partial charge >= 0.3 is 5.97 Å². The summed E-state index contributed by atoms with van der Waals surface area (Å²) in [5.41, 5.74) is 3.04. The molecule has 0 spiro atoms. The molecule has 0 radical (unpaired) electrons. The molecule has 12 nitrogen and oxygen atoms in total. The van der Waals surface area contributed by atoms with Crippen LogP contribution in [0.3, 0.4) is 0 Å². The summed E-state index contributed by atoms with van der Waals surface area (Å²) < 4.78 is 11.9. The van der Waals surface area contributed by atoms with Crippen molar-refractivity contribution in [2.24, 2.45) is 0 Å². The molecule has 1 unspecified atom stereocenters. The van der Waals surface area contributed by atoms with E-state index in [4.69, 9.17) is 14.6 Å². The van der Waals surface area contributed by atoms with Crippen molar-refractivity contribution in [3.05, 3.63) is 53.7 Å². The van der Waals surface area contributed by atoms with Crippen LogP contribution in [0.25, 0.3) is 11.0 Å². The SMILES string of the molecule is CCC(NC(=O)CCC(=O)NO)c1nc2cc(C(=O)NCC(=O)OC)ccc2n1Cc1ccco1. The van der Waals surface area contributed by atoms with Crippen molar-refractivity contribution in [1.29, 1.82) is 0 Å². The number of nitrogens with zero attached hydrogens (tertiary/aromatic N) is 2. The molecule has 3 rings (SSSR count). The van der Waals surface area contributed by atoms with Crippen molar-refractivity contribution in [1.82, 2.24) is 25.7 Å². The third kappa shape index (κ3) is 6.44. The minimum atomic E-state index is -0.656. The number of hydroxylamine groups is 1. The average Bonchev–Trinajstić information content (AvgIpc) is 3.51. The van der Waals surface area contributed by atoms with E-state index in [9.17, 15) is 19.2 Å². The lowest BCUT2D eigenvalue weighted by molar-refractivity contribution is -0.139. The number of methoxy groups -OCH3 is 1. The minimum absolute atomic E-state index is 0.105. The summed E-state index contributed by atoms with van der Waals surface area (Å²) in [5, 5.41) is 14.0. The molecule has 12 heteroatoms. The molecule has 0 saturated heterocycles. The number of esters is 1. The number of carbonyl (C=O) groups excluding carboxylic acids is 4. The number of ether oxygens (including phenoxy) is 1. The number of imidazole rings is 1. The van der Waals surface area contributed by atoms with Gasteiger partial charge in [-0.1, -0.05) is 6.92 Å². The number of furan rings is 1. The maximum atomic E-state index is 12.5. The normalized spacial score (nSPS) is 11.6. The summed E-state index contributed by atoms with van der Waals surface area (Å²) in [6, 6.07) is 8.05. The molecule has 0 aliphatic heterocycles. The highest BCUT2D eigenvalue weighted by Crippen LogP contribution is 2.25. The van der Waals surface area contributed by atoms with Crippen LogP contribution in [0.5, 0.6) is 0 Å². The van der Waals surface area contributed by atoms with E-state index >= 15 is 0 Å². The standard InChI is InChI=1S/C23H27N5O7/c1-3-16(25-19(29)8-9-20(30)27-33)22-26-17-11-14(23(32)24-12-21(31)34-2)6-7-18(17)28(22)13-15-5-4-10-35-15/h4-7,10-11,16,33H,3,8-9,12-13H2,1-2H3,(H,24,32)(H,25,29)(H,27,30). The monoisotopic (exact) mass is 485 g/mol. The Kier molecular flexibility index (Phi) is 8.57. The summed E-state index contributed by atoms with van der Waals surface area (Å²) in [5.74, 6) is -0.835. The number of carbonyl (C=O) groups is 4. The van der Waals surface area contributed by atoms with E-state index in [0.29, 0.717) is 41.1 Å². The first-order valence-electron chi connectivity index (χ1n) is 11.0. The Labute approximate surface area is 200 Å². The Bertz CT molecular complexity index is 1200. The maximum Gasteiger partial charge on any atom is 0.325 e. The predicted octanol–water partition coefficient (Wildman–Crippen LogP) is 1.43. The first-order chi connectivity index (χ1) is 16.9. The summed E-state index contributed by atoms with van der Waals surface area (Å²) in [6.45, 7) is 1.96. The van der Waals surface area contributed by atoms with Gasteiger partial charge < -0.3 is 24.4 Å². The van der Waals surface area contributed by atoms with Gasteiger partial charge in [0, 0.05) is 18.4 Å². The number of benzene rings is 1. The zero-order valence-corrected chi connectivity index (χ0v) is 19.4. The second-order valence-electron chi connectivity index (χ2n) is 7.66. The molecule has 2 heterocycles. The zero-order valence-electron chi connectivity index (χ0n) is 19.4. The topological polar surface area (TPSA) is 165 Å². The van der Waals surface area contributed by atoms with Gasteiger partial charge in [-0.2, -0.15) is 0 Å². The second kappa shape index (κ2) is 11.8. The Morgan fingerprint density at radius 3 is 2.60 bits per heavy atom. The van der Waals surface area contributed by atoms with Crippen LogP contribution >= 0.6 is 0 Å². The zero-order chi connectivity index (χ0) is 25.4. The summed E-state index contributed by atoms with van der Waals surface area (Å²) in [4.78, 5) is 52.2. The van der Waals surface area contributed by atoms with Crippen molar-refractivity contribution in [3.63, 3.8) is 0 Å². The van der Waals surface area contributed by atoms with Crippen LogP contribution in [-0.4, -0.2) is 52.1 Å². The molecule has 1 aromatic carbocycles. The van der Waals surface area contributed by atoms with Gasteiger partial charge in [0.2, 0.25) is 11.8 Å². The molecule has 0 bridgehead atoms. The lowest BCUT2D eigenvalue weighted by atomic mass is 10.2. The molecule has 0 aliphatic rings. The highest BCUT2D eigenvalue weighted by Gasteiger charge is 2.23. The van der Waals surface area contributed by atoms with Crippen molar-refractivity contribution in [2.45, 2.75) is 38.8 Å². The maximum absolute atomic E-state index is 12.5. The van der Waals surface area contributed by atoms with Crippen LogP contribution < -0.4 is 16.1 Å². The van der Waals surface area contributed by atoms with E-state index in [1.165, 1.54) is 12.6 Å². The van der Waals surface area contributed by atoms with E-state index in [1.807, 2.05) is 17.6 Å². The van der Waals surface area contributed by atoms with Crippen LogP contribution in [0.4, 0.5) is 0 Å². The van der Waals surface area contributed by atoms with Gasteiger partial charge in [0.25, 0.3) is 5.91 Å². The largest absolute Gasteiger partial charge is 0.468 e. The van der Waals surface area contributed by atoms with Gasteiger partial charge in [-0.3, -0.25) is 24.4 Å². The molecule has 35 heavy (non-hydrogen) atoms. The molecule has 0 fully saturated rings. The molecule has 2 aromatic heterocycles. The lowest BCUT2D eigenvalue weighted by Crippen LogP contribution is -2.31. The second-order valence-corrected chi connectivity index (χ2v) is 7.66. The number of hydrogen-bond acceptors (Lipinski definition) is 8. The van der Waals surface area contributed by atoms with E-state index in [-0.39, 0.29) is 25.3 Å². The van der Waals surface area contributed by atoms with Gasteiger partial charge in [-0.25, -0.2) is 10.5 Å². The van der Waals surface area contributed by atoms with Crippen LogP contribution in [0.1, 0.15) is 54.2 Å². The average molecular weight is 485 g/mol. The fourth-order valence-corrected chi connectivity index (χ4v) is 3.51. The highest BCUT2D eigenvalue weighted by atomic mass is 16.5. The number of amides is 3. The van der Waals surface area contributed by atoms with Gasteiger partial charge in [-0.15, -0.1) is 0 Å². The van der Waals surface area contributed by atoms with Gasteiger partial charge in [0.1, 0.15) is 18.1 Å². The van der Waals surface area contributed by atoms with Gasteiger partial charge in [-0.05, 0) is 36.8 Å².